The summed E-state index contributed by atoms with van der Waals surface area (Å²) in [7, 11) is 0. The van der Waals surface area contributed by atoms with Crippen molar-refractivity contribution in [1.82, 2.24) is 9.97 Å². The van der Waals surface area contributed by atoms with Gasteiger partial charge in [-0.1, -0.05) is 30.3 Å². The lowest BCUT2D eigenvalue weighted by Crippen LogP contribution is -1.98. The first kappa shape index (κ1) is 20.5. The Labute approximate surface area is 179 Å². The molecule has 0 aliphatic heterocycles. The van der Waals surface area contributed by atoms with Crippen molar-refractivity contribution < 1.29 is 18.7 Å². The second-order valence-corrected chi connectivity index (χ2v) is 7.31. The molecular formula is C24H24N2O5. The lowest BCUT2D eigenvalue weighted by molar-refractivity contribution is 0.299. The van der Waals surface area contributed by atoms with Gasteiger partial charge in [0.15, 0.2) is 5.76 Å². The smallest absolute Gasteiger partial charge is 0.419 e. The summed E-state index contributed by atoms with van der Waals surface area (Å²) in [5.41, 5.74) is 2.91. The number of oxazole rings is 2. The molecule has 160 valence electrons. The van der Waals surface area contributed by atoms with Crippen LogP contribution in [0.4, 0.5) is 0 Å². The molecule has 7 heteroatoms. The predicted molar refractivity (Wildman–Crippen MR) is 115 cm³/mol. The van der Waals surface area contributed by atoms with E-state index in [1.165, 1.54) is 5.56 Å². The van der Waals surface area contributed by atoms with Gasteiger partial charge in [0.05, 0.1) is 0 Å². The monoisotopic (exact) mass is 420 g/mol. The van der Waals surface area contributed by atoms with E-state index in [9.17, 15) is 9.90 Å². The highest BCUT2D eigenvalue weighted by molar-refractivity contribution is 5.53. The van der Waals surface area contributed by atoms with Crippen LogP contribution in [0.1, 0.15) is 35.6 Å². The van der Waals surface area contributed by atoms with Crippen molar-refractivity contribution in [3.63, 3.8) is 0 Å². The number of nitrogens with zero attached hydrogens (tertiary/aromatic N) is 1. The number of aromatic hydroxyl groups is 1. The fraction of sp³-hybridized carbons (Fsp3) is 0.250. The molecular weight excluding hydrogens is 396 g/mol. The largest absolute Gasteiger partial charge is 0.492 e. The summed E-state index contributed by atoms with van der Waals surface area (Å²) in [6, 6.07) is 17.8. The summed E-state index contributed by atoms with van der Waals surface area (Å²) in [6.07, 6.45) is 3.13. The molecule has 2 aromatic heterocycles. The Kier molecular flexibility index (Phi) is 6.21. The van der Waals surface area contributed by atoms with Crippen molar-refractivity contribution in [1.29, 1.82) is 0 Å². The van der Waals surface area contributed by atoms with Crippen LogP contribution < -0.4 is 10.5 Å². The number of aromatic nitrogens is 2. The molecule has 4 aromatic rings. The van der Waals surface area contributed by atoms with Crippen LogP contribution in [0, 0.1) is 6.92 Å². The van der Waals surface area contributed by atoms with E-state index in [4.69, 9.17) is 13.6 Å². The minimum atomic E-state index is -0.625. The molecule has 0 radical (unpaired) electrons. The van der Waals surface area contributed by atoms with E-state index in [0.717, 1.165) is 42.0 Å². The maximum atomic E-state index is 11.0. The Balaban J connectivity index is 1.26. The third kappa shape index (κ3) is 5.25. The normalized spacial score (nSPS) is 11.0. The fourth-order valence-corrected chi connectivity index (χ4v) is 3.31. The van der Waals surface area contributed by atoms with Gasteiger partial charge in [0.2, 0.25) is 11.8 Å². The van der Waals surface area contributed by atoms with Gasteiger partial charge in [-0.3, -0.25) is 4.98 Å². The van der Waals surface area contributed by atoms with Gasteiger partial charge in [-0.2, -0.15) is 0 Å². The second kappa shape index (κ2) is 9.38. The summed E-state index contributed by atoms with van der Waals surface area (Å²) >= 11 is 0. The Morgan fingerprint density at radius 1 is 1.00 bits per heavy atom. The third-order valence-electron chi connectivity index (χ3n) is 5.03. The number of rotatable bonds is 9. The Hall–Kier alpha value is -3.74. The number of unbranched alkanes of at least 4 members (excludes halogenated alkanes) is 1. The van der Waals surface area contributed by atoms with Gasteiger partial charge in [-0.05, 0) is 56.0 Å². The highest BCUT2D eigenvalue weighted by atomic mass is 16.5. The van der Waals surface area contributed by atoms with Crippen LogP contribution >= 0.6 is 0 Å². The molecule has 31 heavy (non-hydrogen) atoms. The lowest BCUT2D eigenvalue weighted by Gasteiger charge is -2.06. The first-order chi connectivity index (χ1) is 15.1. The summed E-state index contributed by atoms with van der Waals surface area (Å²) in [4.78, 5) is 17.8. The van der Waals surface area contributed by atoms with Crippen molar-refractivity contribution in [2.24, 2.45) is 0 Å². The quantitative estimate of drug-likeness (QED) is 0.378. The summed E-state index contributed by atoms with van der Waals surface area (Å²) in [5.74, 6) is 1.63. The van der Waals surface area contributed by atoms with Crippen molar-refractivity contribution in [2.75, 3.05) is 0 Å². The zero-order valence-electron chi connectivity index (χ0n) is 17.3. The summed E-state index contributed by atoms with van der Waals surface area (Å²) in [5, 5.41) is 9.51. The van der Waals surface area contributed by atoms with Gasteiger partial charge in [0, 0.05) is 12.0 Å². The standard InChI is InChI=1S/C24H24N2O5/c1-16-20(25-23(30-16)18-8-3-2-4-9-18)15-29-19-13-11-17(12-14-19)7-5-6-10-21-22(27)26-24(28)31-21/h2-4,8-9,11-14,27H,5-7,10,15H2,1H3,(H,26,28). The maximum Gasteiger partial charge on any atom is 0.419 e. The first-order valence-electron chi connectivity index (χ1n) is 10.2. The van der Waals surface area contributed by atoms with Crippen LogP contribution in [-0.4, -0.2) is 15.1 Å². The Morgan fingerprint density at radius 3 is 2.45 bits per heavy atom. The molecule has 2 aromatic carbocycles. The first-order valence-corrected chi connectivity index (χ1v) is 10.2. The number of ether oxygens (including phenoxy) is 1. The molecule has 2 heterocycles. The van der Waals surface area contributed by atoms with E-state index in [0.29, 0.717) is 24.7 Å². The van der Waals surface area contributed by atoms with E-state index < -0.39 is 5.76 Å². The minimum Gasteiger partial charge on any atom is -0.492 e. The predicted octanol–water partition coefficient (Wildman–Crippen LogP) is 4.78. The van der Waals surface area contributed by atoms with Crippen LogP contribution in [0.5, 0.6) is 11.6 Å². The van der Waals surface area contributed by atoms with E-state index in [2.05, 4.69) is 9.97 Å². The van der Waals surface area contributed by atoms with Crippen LogP contribution in [0.15, 0.2) is 68.2 Å². The van der Waals surface area contributed by atoms with Crippen LogP contribution in [-0.2, 0) is 19.4 Å². The molecule has 0 unspecified atom stereocenters. The molecule has 2 N–H and O–H groups in total. The van der Waals surface area contributed by atoms with Gasteiger partial charge < -0.3 is 18.7 Å². The molecule has 0 saturated carbocycles. The molecule has 0 amide bonds. The van der Waals surface area contributed by atoms with Gasteiger partial charge >= 0.3 is 5.76 Å². The van der Waals surface area contributed by atoms with Gasteiger partial charge in [0.1, 0.15) is 23.8 Å². The molecule has 0 fully saturated rings. The number of aromatic amines is 1. The molecule has 0 saturated heterocycles. The maximum absolute atomic E-state index is 11.0. The fourth-order valence-electron chi connectivity index (χ4n) is 3.31. The van der Waals surface area contributed by atoms with Gasteiger partial charge in [-0.15, -0.1) is 0 Å². The van der Waals surface area contributed by atoms with Crippen LogP contribution in [0.3, 0.4) is 0 Å². The van der Waals surface area contributed by atoms with Crippen molar-refractivity contribution in [3.8, 4) is 23.1 Å². The lowest BCUT2D eigenvalue weighted by atomic mass is 10.1. The molecule has 0 aliphatic carbocycles. The number of H-pyrrole nitrogens is 1. The molecule has 0 bridgehead atoms. The average molecular weight is 420 g/mol. The molecule has 0 aliphatic rings. The number of benzene rings is 2. The molecule has 7 nitrogen and oxygen atoms in total. The molecule has 0 atom stereocenters. The van der Waals surface area contributed by atoms with E-state index >= 15 is 0 Å². The molecule has 0 spiro atoms. The van der Waals surface area contributed by atoms with E-state index in [1.807, 2.05) is 61.5 Å². The molecule has 4 rings (SSSR count). The van der Waals surface area contributed by atoms with E-state index in [-0.39, 0.29) is 5.88 Å². The number of hydrogen-bond acceptors (Lipinski definition) is 6. The topological polar surface area (TPSA) is 101 Å². The highest BCUT2D eigenvalue weighted by Crippen LogP contribution is 2.23. The number of nitrogens with one attached hydrogen (secondary N) is 1. The average Bonchev–Trinajstić information content (AvgIpc) is 3.32. The zero-order valence-corrected chi connectivity index (χ0v) is 17.3. The highest BCUT2D eigenvalue weighted by Gasteiger charge is 2.12. The van der Waals surface area contributed by atoms with Crippen LogP contribution in [0.2, 0.25) is 0 Å². The number of aryl methyl sites for hydroxylation is 3. The minimum absolute atomic E-state index is 0.176. The summed E-state index contributed by atoms with van der Waals surface area (Å²) in [6.45, 7) is 2.23. The number of hydrogen-bond donors (Lipinski definition) is 2. The zero-order chi connectivity index (χ0) is 21.6. The Morgan fingerprint density at radius 2 is 1.74 bits per heavy atom. The Bertz CT molecular complexity index is 1170. The van der Waals surface area contributed by atoms with Crippen molar-refractivity contribution in [3.05, 3.63) is 87.9 Å². The summed E-state index contributed by atoms with van der Waals surface area (Å²) < 4.78 is 16.5. The van der Waals surface area contributed by atoms with E-state index in [1.54, 1.807) is 0 Å². The van der Waals surface area contributed by atoms with Gasteiger partial charge in [-0.25, -0.2) is 9.78 Å². The van der Waals surface area contributed by atoms with Crippen molar-refractivity contribution in [2.45, 2.75) is 39.2 Å². The second-order valence-electron chi connectivity index (χ2n) is 7.31. The van der Waals surface area contributed by atoms with Crippen molar-refractivity contribution >= 4 is 0 Å². The third-order valence-corrected chi connectivity index (χ3v) is 5.03. The van der Waals surface area contributed by atoms with Crippen LogP contribution in [0.25, 0.3) is 11.5 Å². The van der Waals surface area contributed by atoms with Gasteiger partial charge in [0.25, 0.3) is 0 Å². The SMILES string of the molecule is Cc1oc(-c2ccccc2)nc1COc1ccc(CCCCc2oc(=O)[nH]c2O)cc1.